The molecule has 1 heterocycles. The number of rotatable bonds is 4. The highest BCUT2D eigenvalue weighted by atomic mass is 35.5. The van der Waals surface area contributed by atoms with E-state index in [0.29, 0.717) is 33.2 Å². The van der Waals surface area contributed by atoms with E-state index < -0.39 is 5.63 Å². The van der Waals surface area contributed by atoms with Crippen molar-refractivity contribution >= 4 is 34.5 Å². The Kier molecular flexibility index (Phi) is 4.63. The fraction of sp³-hybridized carbons (Fsp3) is 0.111. The summed E-state index contributed by atoms with van der Waals surface area (Å²) in [4.78, 5) is 16.3. The minimum atomic E-state index is -0.672. The van der Waals surface area contributed by atoms with Crippen molar-refractivity contribution in [1.82, 2.24) is 4.98 Å². The predicted molar refractivity (Wildman–Crippen MR) is 95.3 cm³/mol. The first-order valence-electron chi connectivity index (χ1n) is 7.25. The zero-order valence-corrected chi connectivity index (χ0v) is 14.2. The number of fused-ring (bicyclic) bond motifs is 1. The van der Waals surface area contributed by atoms with Gasteiger partial charge in [-0.05, 0) is 30.3 Å². The highest BCUT2D eigenvalue weighted by Crippen LogP contribution is 2.29. The van der Waals surface area contributed by atoms with Crippen molar-refractivity contribution in [2.75, 3.05) is 14.2 Å². The molecule has 0 aliphatic heterocycles. The molecule has 6 nitrogen and oxygen atoms in total. The van der Waals surface area contributed by atoms with Crippen molar-refractivity contribution in [3.8, 4) is 11.5 Å². The predicted octanol–water partition coefficient (Wildman–Crippen LogP) is 3.91. The average molecular weight is 360 g/mol. The van der Waals surface area contributed by atoms with Gasteiger partial charge in [-0.2, -0.15) is 0 Å². The fourth-order valence-corrected chi connectivity index (χ4v) is 2.47. The van der Waals surface area contributed by atoms with Gasteiger partial charge >= 0.3 is 5.63 Å². The van der Waals surface area contributed by atoms with Crippen LogP contribution in [0.15, 0.2) is 45.6 Å². The molecule has 0 aliphatic carbocycles. The summed E-state index contributed by atoms with van der Waals surface area (Å²) >= 11 is 5.93. The third-order valence-corrected chi connectivity index (χ3v) is 3.77. The Balaban J connectivity index is 2.09. The molecule has 0 bridgehead atoms. The van der Waals surface area contributed by atoms with Gasteiger partial charge in [-0.25, -0.2) is 9.78 Å². The molecule has 7 heteroatoms. The first-order valence-corrected chi connectivity index (χ1v) is 7.63. The van der Waals surface area contributed by atoms with Gasteiger partial charge < -0.3 is 19.0 Å². The molecule has 0 spiro atoms. The second-order valence-corrected chi connectivity index (χ2v) is 5.53. The van der Waals surface area contributed by atoms with Gasteiger partial charge in [0.25, 0.3) is 0 Å². The lowest BCUT2D eigenvalue weighted by molar-refractivity contribution is 0.391. The van der Waals surface area contributed by atoms with Crippen LogP contribution in [0, 0.1) is 0 Å². The van der Waals surface area contributed by atoms with Gasteiger partial charge in [0.2, 0.25) is 0 Å². The van der Waals surface area contributed by atoms with E-state index in [2.05, 4.69) is 4.98 Å². The number of ether oxygens (including phenoxy) is 2. The monoisotopic (exact) mass is 359 g/mol. The highest BCUT2D eigenvalue weighted by Gasteiger charge is 2.12. The second kappa shape index (κ2) is 6.86. The van der Waals surface area contributed by atoms with Gasteiger partial charge in [0.15, 0.2) is 11.3 Å². The molecule has 3 rings (SSSR count). The second-order valence-electron chi connectivity index (χ2n) is 5.09. The molecule has 0 aliphatic rings. The van der Waals surface area contributed by atoms with Crippen molar-refractivity contribution < 1.29 is 19.0 Å². The quantitative estimate of drug-likeness (QED) is 0.711. The Bertz CT molecular complexity index is 1030. The van der Waals surface area contributed by atoms with Crippen LogP contribution in [0.4, 0.5) is 0 Å². The molecule has 0 unspecified atom stereocenters. The molecule has 1 aromatic heterocycles. The Hall–Kier alpha value is -2.99. The van der Waals surface area contributed by atoms with Crippen LogP contribution in [-0.4, -0.2) is 24.3 Å². The van der Waals surface area contributed by atoms with Gasteiger partial charge in [0.05, 0.1) is 19.8 Å². The van der Waals surface area contributed by atoms with E-state index in [1.54, 1.807) is 36.4 Å². The molecule has 0 saturated carbocycles. The van der Waals surface area contributed by atoms with E-state index in [4.69, 9.17) is 25.5 Å². The number of benzene rings is 2. The Morgan fingerprint density at radius 3 is 2.72 bits per heavy atom. The number of nitrogens with zero attached hydrogens (tertiary/aromatic N) is 1. The number of aliphatic hydroxyl groups excluding tert-OH is 1. The maximum Gasteiger partial charge on any atom is 0.362 e. The smallest absolute Gasteiger partial charge is 0.362 e. The topological polar surface area (TPSA) is 81.8 Å². The van der Waals surface area contributed by atoms with Crippen LogP contribution in [0.25, 0.3) is 22.9 Å². The van der Waals surface area contributed by atoms with E-state index in [1.165, 1.54) is 20.3 Å². The van der Waals surface area contributed by atoms with Crippen LogP contribution in [0.2, 0.25) is 5.02 Å². The SMILES string of the molecule is COc1ccc(/C(O)=C/c2nc3cc(Cl)ccc3oc2=O)c(OC)c1. The van der Waals surface area contributed by atoms with Crippen LogP contribution < -0.4 is 15.1 Å². The summed E-state index contributed by atoms with van der Waals surface area (Å²) in [5.74, 6) is 0.772. The van der Waals surface area contributed by atoms with E-state index >= 15 is 0 Å². The normalized spacial score (nSPS) is 11.6. The number of aromatic nitrogens is 1. The maximum atomic E-state index is 12.1. The first kappa shape index (κ1) is 16.9. The molecule has 25 heavy (non-hydrogen) atoms. The molecule has 1 N–H and O–H groups in total. The summed E-state index contributed by atoms with van der Waals surface area (Å²) < 4.78 is 15.6. The molecular weight excluding hydrogens is 346 g/mol. The van der Waals surface area contributed by atoms with Crippen molar-refractivity contribution in [2.45, 2.75) is 0 Å². The molecule has 0 atom stereocenters. The van der Waals surface area contributed by atoms with Crippen molar-refractivity contribution in [3.63, 3.8) is 0 Å². The lowest BCUT2D eigenvalue weighted by Gasteiger charge is -2.09. The minimum Gasteiger partial charge on any atom is -0.507 e. The number of aliphatic hydroxyl groups is 1. The van der Waals surface area contributed by atoms with E-state index in [-0.39, 0.29) is 11.5 Å². The van der Waals surface area contributed by atoms with Gasteiger partial charge in [-0.3, -0.25) is 0 Å². The van der Waals surface area contributed by atoms with Crippen molar-refractivity contribution in [1.29, 1.82) is 0 Å². The average Bonchev–Trinajstić information content (AvgIpc) is 2.62. The number of halogens is 1. The van der Waals surface area contributed by atoms with E-state index in [0.717, 1.165) is 0 Å². The van der Waals surface area contributed by atoms with Crippen molar-refractivity contribution in [3.05, 3.63) is 63.1 Å². The van der Waals surface area contributed by atoms with E-state index in [9.17, 15) is 9.90 Å². The third-order valence-electron chi connectivity index (χ3n) is 3.53. The summed E-state index contributed by atoms with van der Waals surface area (Å²) in [6, 6.07) is 9.63. The van der Waals surface area contributed by atoms with Gasteiger partial charge in [0, 0.05) is 17.2 Å². The van der Waals surface area contributed by atoms with Crippen LogP contribution in [0.5, 0.6) is 11.5 Å². The first-order chi connectivity index (χ1) is 12.0. The van der Waals surface area contributed by atoms with E-state index in [1.807, 2.05) is 0 Å². The number of hydrogen-bond donors (Lipinski definition) is 1. The summed E-state index contributed by atoms with van der Waals surface area (Å²) in [6.07, 6.45) is 1.22. The van der Waals surface area contributed by atoms with Crippen LogP contribution in [0.1, 0.15) is 11.3 Å². The molecule has 0 amide bonds. The largest absolute Gasteiger partial charge is 0.507 e. The van der Waals surface area contributed by atoms with Crippen molar-refractivity contribution in [2.24, 2.45) is 0 Å². The van der Waals surface area contributed by atoms with Gasteiger partial charge in [-0.1, -0.05) is 11.6 Å². The standard InChI is InChI=1S/C18H14ClNO5/c1-23-11-4-5-12(17(8-11)24-2)15(21)9-14-18(22)25-16-6-3-10(19)7-13(16)20-14/h3-9,21H,1-2H3/b15-9-. The number of methoxy groups -OCH3 is 2. The fourth-order valence-electron chi connectivity index (χ4n) is 2.30. The molecule has 2 aromatic carbocycles. The van der Waals surface area contributed by atoms with Crippen LogP contribution >= 0.6 is 11.6 Å². The summed E-state index contributed by atoms with van der Waals surface area (Å²) in [5.41, 5.74) is 0.385. The molecule has 0 fully saturated rings. The highest BCUT2D eigenvalue weighted by molar-refractivity contribution is 6.31. The summed E-state index contributed by atoms with van der Waals surface area (Å²) in [6.45, 7) is 0. The molecular formula is C18H14ClNO5. The Morgan fingerprint density at radius 1 is 1.20 bits per heavy atom. The van der Waals surface area contributed by atoms with Crippen LogP contribution in [-0.2, 0) is 0 Å². The maximum absolute atomic E-state index is 12.1. The zero-order valence-electron chi connectivity index (χ0n) is 13.4. The van der Waals surface area contributed by atoms with Gasteiger partial charge in [-0.15, -0.1) is 0 Å². The molecule has 3 aromatic rings. The minimum absolute atomic E-state index is 0.0508. The lowest BCUT2D eigenvalue weighted by Crippen LogP contribution is -2.06. The Morgan fingerprint density at radius 2 is 2.00 bits per heavy atom. The molecule has 128 valence electrons. The molecule has 0 radical (unpaired) electrons. The van der Waals surface area contributed by atoms with Gasteiger partial charge in [0.1, 0.15) is 22.8 Å². The summed E-state index contributed by atoms with van der Waals surface area (Å²) in [5, 5.41) is 10.9. The zero-order chi connectivity index (χ0) is 18.0. The Labute approximate surface area is 147 Å². The summed E-state index contributed by atoms with van der Waals surface area (Å²) in [7, 11) is 3.00. The number of hydrogen-bond acceptors (Lipinski definition) is 6. The molecule has 0 saturated heterocycles. The lowest BCUT2D eigenvalue weighted by atomic mass is 10.1. The third kappa shape index (κ3) is 3.44. The van der Waals surface area contributed by atoms with Crippen LogP contribution in [0.3, 0.4) is 0 Å².